The lowest BCUT2D eigenvalue weighted by Gasteiger charge is -2.10. The van der Waals surface area contributed by atoms with Crippen molar-refractivity contribution in [2.24, 2.45) is 0 Å². The zero-order valence-corrected chi connectivity index (χ0v) is 16.7. The topological polar surface area (TPSA) is 99.8 Å². The van der Waals surface area contributed by atoms with Gasteiger partial charge in [0.2, 0.25) is 0 Å². The second-order valence-corrected chi connectivity index (χ2v) is 7.16. The van der Waals surface area contributed by atoms with Crippen molar-refractivity contribution < 1.29 is 13.6 Å². The van der Waals surface area contributed by atoms with Gasteiger partial charge in [0.15, 0.2) is 11.6 Å². The molecular weight excluding hydrogens is 418 g/mol. The highest BCUT2D eigenvalue weighted by Gasteiger charge is 2.13. The Bertz CT molecular complexity index is 1400. The standard InChI is InChI=1S/C23H18F2N4O3/c24-18-7-6-15(10-19(18)25)13-29-8-2-5-17(23(29)32)22(31)26-12-14-3-1-4-16(9-14)20-11-21(30)28-27-20/h1-11H,12-13H2,(H,26,31)(H2,27,28,30). The highest BCUT2D eigenvalue weighted by molar-refractivity contribution is 5.93. The molecule has 7 nitrogen and oxygen atoms in total. The molecule has 0 radical (unpaired) electrons. The molecule has 0 unspecified atom stereocenters. The molecule has 4 aromatic rings. The molecule has 0 spiro atoms. The lowest BCUT2D eigenvalue weighted by atomic mass is 10.1. The van der Waals surface area contributed by atoms with Crippen molar-refractivity contribution >= 4 is 5.91 Å². The molecule has 2 aromatic heterocycles. The quantitative estimate of drug-likeness (QED) is 0.433. The predicted octanol–water partition coefficient (Wildman–Crippen LogP) is 2.79. The number of hydrogen-bond acceptors (Lipinski definition) is 3. The van der Waals surface area contributed by atoms with Crippen molar-refractivity contribution in [1.82, 2.24) is 20.1 Å². The van der Waals surface area contributed by atoms with Crippen LogP contribution in [-0.4, -0.2) is 20.7 Å². The van der Waals surface area contributed by atoms with Crippen LogP contribution in [0, 0.1) is 11.6 Å². The predicted molar refractivity (Wildman–Crippen MR) is 114 cm³/mol. The third-order valence-electron chi connectivity index (χ3n) is 4.89. The van der Waals surface area contributed by atoms with Gasteiger partial charge in [-0.25, -0.2) is 8.78 Å². The van der Waals surface area contributed by atoms with Crippen LogP contribution in [0.1, 0.15) is 21.5 Å². The average Bonchev–Trinajstić information content (AvgIpc) is 3.22. The summed E-state index contributed by atoms with van der Waals surface area (Å²) in [5, 5.41) is 7.94. The Balaban J connectivity index is 1.48. The van der Waals surface area contributed by atoms with E-state index in [2.05, 4.69) is 15.5 Å². The van der Waals surface area contributed by atoms with Gasteiger partial charge in [0.25, 0.3) is 17.0 Å². The Morgan fingerprint density at radius 2 is 1.75 bits per heavy atom. The van der Waals surface area contributed by atoms with Crippen molar-refractivity contribution in [3.63, 3.8) is 0 Å². The van der Waals surface area contributed by atoms with Gasteiger partial charge in [0, 0.05) is 18.8 Å². The fourth-order valence-corrected chi connectivity index (χ4v) is 3.28. The lowest BCUT2D eigenvalue weighted by molar-refractivity contribution is 0.0949. The van der Waals surface area contributed by atoms with Gasteiger partial charge in [-0.15, -0.1) is 0 Å². The molecule has 0 aliphatic rings. The summed E-state index contributed by atoms with van der Waals surface area (Å²) in [6, 6.07) is 15.0. The molecule has 0 saturated carbocycles. The summed E-state index contributed by atoms with van der Waals surface area (Å²) in [5.74, 6) is -2.54. The minimum absolute atomic E-state index is 0.00589. The largest absolute Gasteiger partial charge is 0.348 e. The van der Waals surface area contributed by atoms with E-state index in [-0.39, 0.29) is 24.2 Å². The van der Waals surface area contributed by atoms with E-state index >= 15 is 0 Å². The van der Waals surface area contributed by atoms with Crippen molar-refractivity contribution in [2.45, 2.75) is 13.1 Å². The monoisotopic (exact) mass is 436 g/mol. The number of aromatic nitrogens is 3. The van der Waals surface area contributed by atoms with E-state index in [0.29, 0.717) is 11.3 Å². The van der Waals surface area contributed by atoms with Crippen LogP contribution in [0.5, 0.6) is 0 Å². The molecule has 4 rings (SSSR count). The summed E-state index contributed by atoms with van der Waals surface area (Å²) in [4.78, 5) is 36.6. The Morgan fingerprint density at radius 3 is 2.50 bits per heavy atom. The van der Waals surface area contributed by atoms with Crippen LogP contribution < -0.4 is 16.4 Å². The Labute approximate surface area is 180 Å². The number of nitrogens with zero attached hydrogens (tertiary/aromatic N) is 1. The molecule has 162 valence electrons. The van der Waals surface area contributed by atoms with Crippen LogP contribution in [0.2, 0.25) is 0 Å². The van der Waals surface area contributed by atoms with Crippen molar-refractivity contribution in [3.05, 3.63) is 116 Å². The van der Waals surface area contributed by atoms with Crippen molar-refractivity contribution in [2.75, 3.05) is 0 Å². The number of amides is 1. The minimum atomic E-state index is -1.00. The molecule has 1 amide bonds. The molecule has 0 bridgehead atoms. The lowest BCUT2D eigenvalue weighted by Crippen LogP contribution is -2.32. The first kappa shape index (κ1) is 21.0. The molecule has 2 aromatic carbocycles. The van der Waals surface area contributed by atoms with E-state index in [4.69, 9.17) is 0 Å². The van der Waals surface area contributed by atoms with Gasteiger partial charge in [-0.1, -0.05) is 24.3 Å². The summed E-state index contributed by atoms with van der Waals surface area (Å²) >= 11 is 0. The number of nitrogens with one attached hydrogen (secondary N) is 3. The molecule has 0 aliphatic heterocycles. The Kier molecular flexibility index (Phi) is 5.80. The number of H-pyrrole nitrogens is 2. The number of halogens is 2. The van der Waals surface area contributed by atoms with E-state index in [0.717, 1.165) is 23.3 Å². The Morgan fingerprint density at radius 1 is 0.906 bits per heavy atom. The van der Waals surface area contributed by atoms with E-state index in [9.17, 15) is 23.2 Å². The SMILES string of the molecule is O=C(NCc1cccc(-c2cc(=O)[nH][nH]2)c1)c1cccn(Cc2ccc(F)c(F)c2)c1=O. The molecule has 0 atom stereocenters. The maximum absolute atomic E-state index is 13.4. The Hall–Kier alpha value is -4.27. The number of rotatable bonds is 6. The fraction of sp³-hybridized carbons (Fsp3) is 0.0870. The molecule has 0 fully saturated rings. The van der Waals surface area contributed by atoms with E-state index in [1.807, 2.05) is 12.1 Å². The van der Waals surface area contributed by atoms with Gasteiger partial charge in [-0.2, -0.15) is 0 Å². The number of aromatic amines is 2. The van der Waals surface area contributed by atoms with Gasteiger partial charge in [0.1, 0.15) is 5.56 Å². The van der Waals surface area contributed by atoms with Crippen LogP contribution in [0.15, 0.2) is 76.4 Å². The first-order valence-corrected chi connectivity index (χ1v) is 9.69. The van der Waals surface area contributed by atoms with Crippen LogP contribution in [0.3, 0.4) is 0 Å². The molecule has 0 saturated heterocycles. The molecule has 32 heavy (non-hydrogen) atoms. The maximum atomic E-state index is 13.4. The fourth-order valence-electron chi connectivity index (χ4n) is 3.28. The zero-order chi connectivity index (χ0) is 22.7. The molecule has 9 heteroatoms. The summed E-state index contributed by atoms with van der Waals surface area (Å²) in [5.41, 5.74) is 1.69. The maximum Gasteiger partial charge on any atom is 0.264 e. The number of pyridine rings is 1. The van der Waals surface area contributed by atoms with Crippen LogP contribution >= 0.6 is 0 Å². The van der Waals surface area contributed by atoms with Crippen molar-refractivity contribution in [1.29, 1.82) is 0 Å². The first-order chi connectivity index (χ1) is 15.4. The number of hydrogen-bond donors (Lipinski definition) is 3. The summed E-state index contributed by atoms with van der Waals surface area (Å²) in [7, 11) is 0. The van der Waals surface area contributed by atoms with Crippen LogP contribution in [-0.2, 0) is 13.1 Å². The third-order valence-corrected chi connectivity index (χ3v) is 4.89. The smallest absolute Gasteiger partial charge is 0.264 e. The van der Waals surface area contributed by atoms with Gasteiger partial charge in [-0.05, 0) is 47.0 Å². The van der Waals surface area contributed by atoms with E-state index in [1.54, 1.807) is 18.2 Å². The second-order valence-electron chi connectivity index (χ2n) is 7.16. The number of carbonyl (C=O) groups excluding carboxylic acids is 1. The van der Waals surface area contributed by atoms with Gasteiger partial charge < -0.3 is 9.88 Å². The summed E-state index contributed by atoms with van der Waals surface area (Å²) in [6.45, 7) is 0.160. The summed E-state index contributed by atoms with van der Waals surface area (Å²) in [6.07, 6.45) is 1.47. The van der Waals surface area contributed by atoms with E-state index < -0.39 is 23.1 Å². The number of carbonyl (C=O) groups is 1. The molecule has 3 N–H and O–H groups in total. The van der Waals surface area contributed by atoms with Crippen LogP contribution in [0.4, 0.5) is 8.78 Å². The molecule has 2 heterocycles. The van der Waals surface area contributed by atoms with E-state index in [1.165, 1.54) is 29.0 Å². The highest BCUT2D eigenvalue weighted by atomic mass is 19.2. The van der Waals surface area contributed by atoms with Crippen LogP contribution in [0.25, 0.3) is 11.3 Å². The highest BCUT2D eigenvalue weighted by Crippen LogP contribution is 2.16. The van der Waals surface area contributed by atoms with Gasteiger partial charge >= 0.3 is 0 Å². The van der Waals surface area contributed by atoms with Crippen molar-refractivity contribution in [3.8, 4) is 11.3 Å². The summed E-state index contributed by atoms with van der Waals surface area (Å²) < 4.78 is 27.8. The second kappa shape index (κ2) is 8.84. The minimum Gasteiger partial charge on any atom is -0.348 e. The average molecular weight is 436 g/mol. The molecule has 0 aliphatic carbocycles. The third kappa shape index (κ3) is 4.56. The molecular formula is C23H18F2N4O3. The first-order valence-electron chi connectivity index (χ1n) is 9.69. The normalized spacial score (nSPS) is 10.8. The van der Waals surface area contributed by atoms with Gasteiger partial charge in [0.05, 0.1) is 12.2 Å². The number of benzene rings is 2. The zero-order valence-electron chi connectivity index (χ0n) is 16.7. The van der Waals surface area contributed by atoms with Gasteiger partial charge in [-0.3, -0.25) is 24.6 Å².